The Hall–Kier alpha value is -2.71. The molecule has 5 rings (SSSR count). The molecule has 1 aliphatic heterocycles. The van der Waals surface area contributed by atoms with Crippen LogP contribution < -0.4 is 4.74 Å². The van der Waals surface area contributed by atoms with Gasteiger partial charge in [-0.2, -0.15) is 0 Å². The van der Waals surface area contributed by atoms with Crippen molar-refractivity contribution in [2.24, 2.45) is 11.8 Å². The van der Waals surface area contributed by atoms with Crippen LogP contribution in [-0.2, 0) is 10.0 Å². The van der Waals surface area contributed by atoms with Crippen LogP contribution in [0.4, 0.5) is 4.39 Å². The molecule has 2 unspecified atom stereocenters. The number of pyridine rings is 1. The van der Waals surface area contributed by atoms with E-state index in [1.165, 1.54) is 24.0 Å². The smallest absolute Gasteiger partial charge is 0.211 e. The molecule has 2 aromatic heterocycles. The standard InChI is InChI=1S/C22H22FN3O3S/c1-29-21-4-3-16(23)9-18(21)17-5-6-24-22-19(17)10-20(25-22)13-7-14-11-26(30(2,27)28)12-15(14)8-13/h3-7,9-10,14-15H,8,11-12H2,1-2H3,(H,24,25). The van der Waals surface area contributed by atoms with Crippen molar-refractivity contribution in [3.8, 4) is 16.9 Å². The van der Waals surface area contributed by atoms with Crippen molar-refractivity contribution in [3.63, 3.8) is 0 Å². The van der Waals surface area contributed by atoms with Gasteiger partial charge in [-0.1, -0.05) is 6.08 Å². The van der Waals surface area contributed by atoms with Gasteiger partial charge in [0.05, 0.1) is 13.4 Å². The highest BCUT2D eigenvalue weighted by atomic mass is 32.2. The highest BCUT2D eigenvalue weighted by molar-refractivity contribution is 7.88. The van der Waals surface area contributed by atoms with Crippen LogP contribution in [0, 0.1) is 17.7 Å². The zero-order valence-electron chi connectivity index (χ0n) is 16.7. The summed E-state index contributed by atoms with van der Waals surface area (Å²) in [4.78, 5) is 7.83. The fourth-order valence-corrected chi connectivity index (χ4v) is 5.57. The van der Waals surface area contributed by atoms with Gasteiger partial charge in [-0.3, -0.25) is 0 Å². The number of hydrogen-bond acceptors (Lipinski definition) is 4. The molecule has 3 aromatic rings. The third-order valence-corrected chi connectivity index (χ3v) is 7.39. The van der Waals surface area contributed by atoms with Crippen LogP contribution in [0.2, 0.25) is 0 Å². The summed E-state index contributed by atoms with van der Waals surface area (Å²) < 4.78 is 44.6. The summed E-state index contributed by atoms with van der Waals surface area (Å²) in [6.45, 7) is 1.10. The third-order valence-electron chi connectivity index (χ3n) is 6.15. The van der Waals surface area contributed by atoms with E-state index in [9.17, 15) is 12.8 Å². The van der Waals surface area contributed by atoms with Crippen molar-refractivity contribution in [2.75, 3.05) is 26.5 Å². The number of methoxy groups -OCH3 is 1. The maximum Gasteiger partial charge on any atom is 0.211 e. The molecule has 3 heterocycles. The quantitative estimate of drug-likeness (QED) is 0.689. The minimum atomic E-state index is -3.15. The van der Waals surface area contributed by atoms with E-state index in [0.717, 1.165) is 28.7 Å². The summed E-state index contributed by atoms with van der Waals surface area (Å²) >= 11 is 0. The lowest BCUT2D eigenvalue weighted by molar-refractivity contribution is 0.415. The van der Waals surface area contributed by atoms with E-state index in [0.29, 0.717) is 30.3 Å². The molecule has 2 aliphatic rings. The van der Waals surface area contributed by atoms with Crippen LogP contribution in [0.25, 0.3) is 27.7 Å². The number of rotatable bonds is 4. The van der Waals surface area contributed by atoms with Gasteiger partial charge in [0, 0.05) is 35.9 Å². The van der Waals surface area contributed by atoms with Gasteiger partial charge in [-0.25, -0.2) is 22.1 Å². The van der Waals surface area contributed by atoms with Crippen molar-refractivity contribution in [2.45, 2.75) is 6.42 Å². The molecule has 0 bridgehead atoms. The summed E-state index contributed by atoms with van der Waals surface area (Å²) in [5.74, 6) is 0.809. The molecular weight excluding hydrogens is 405 g/mol. The number of H-pyrrole nitrogens is 1. The topological polar surface area (TPSA) is 75.3 Å². The number of allylic oxidation sites excluding steroid dienone is 1. The Bertz CT molecular complexity index is 1280. The molecule has 156 valence electrons. The second-order valence-electron chi connectivity index (χ2n) is 8.05. The first-order valence-corrected chi connectivity index (χ1v) is 11.7. The zero-order chi connectivity index (χ0) is 21.0. The predicted molar refractivity (Wildman–Crippen MR) is 114 cm³/mol. The molecule has 2 atom stereocenters. The van der Waals surface area contributed by atoms with E-state index in [1.807, 2.05) is 12.1 Å². The normalized spacial score (nSPS) is 21.8. The Balaban J connectivity index is 1.52. The third kappa shape index (κ3) is 3.20. The summed E-state index contributed by atoms with van der Waals surface area (Å²) in [6.07, 6.45) is 5.97. The Kier molecular flexibility index (Phi) is 4.44. The number of aromatic amines is 1. The zero-order valence-corrected chi connectivity index (χ0v) is 17.5. The number of hydrogen-bond donors (Lipinski definition) is 1. The van der Waals surface area contributed by atoms with E-state index < -0.39 is 10.0 Å². The van der Waals surface area contributed by atoms with Gasteiger partial charge in [0.25, 0.3) is 0 Å². The molecular formula is C22H22FN3O3S. The lowest BCUT2D eigenvalue weighted by atomic mass is 9.99. The van der Waals surface area contributed by atoms with Crippen LogP contribution in [0.3, 0.4) is 0 Å². The molecule has 1 fully saturated rings. The average molecular weight is 428 g/mol. The molecule has 1 N–H and O–H groups in total. The Labute approximate surface area is 174 Å². The summed E-state index contributed by atoms with van der Waals surface area (Å²) in [6, 6.07) is 8.38. The Morgan fingerprint density at radius 1 is 1.20 bits per heavy atom. The van der Waals surface area contributed by atoms with Crippen LogP contribution in [-0.4, -0.2) is 49.1 Å². The number of halogens is 1. The molecule has 0 saturated carbocycles. The van der Waals surface area contributed by atoms with Gasteiger partial charge in [0.15, 0.2) is 0 Å². The minimum Gasteiger partial charge on any atom is -0.496 e. The lowest BCUT2D eigenvalue weighted by Crippen LogP contribution is -2.28. The number of fused-ring (bicyclic) bond motifs is 2. The maximum atomic E-state index is 13.9. The number of aromatic nitrogens is 2. The van der Waals surface area contributed by atoms with Gasteiger partial charge in [-0.15, -0.1) is 0 Å². The number of nitrogens with zero attached hydrogens (tertiary/aromatic N) is 2. The highest BCUT2D eigenvalue weighted by Crippen LogP contribution is 2.43. The molecule has 1 aliphatic carbocycles. The molecule has 0 radical (unpaired) electrons. The van der Waals surface area contributed by atoms with Crippen LogP contribution in [0.1, 0.15) is 12.1 Å². The van der Waals surface area contributed by atoms with Crippen molar-refractivity contribution < 1.29 is 17.5 Å². The first-order valence-electron chi connectivity index (χ1n) is 9.81. The second-order valence-corrected chi connectivity index (χ2v) is 10.0. The van der Waals surface area contributed by atoms with Crippen molar-refractivity contribution >= 4 is 26.6 Å². The fourth-order valence-electron chi connectivity index (χ4n) is 4.67. The fraction of sp³-hybridized carbons (Fsp3) is 0.318. The number of nitrogens with one attached hydrogen (secondary N) is 1. The Morgan fingerprint density at radius 2 is 2.03 bits per heavy atom. The minimum absolute atomic E-state index is 0.233. The maximum absolute atomic E-state index is 13.9. The number of benzene rings is 1. The summed E-state index contributed by atoms with van der Waals surface area (Å²) in [5, 5.41) is 0.895. The second kappa shape index (κ2) is 6.92. The van der Waals surface area contributed by atoms with Crippen molar-refractivity contribution in [1.82, 2.24) is 14.3 Å². The van der Waals surface area contributed by atoms with E-state index in [1.54, 1.807) is 23.7 Å². The summed E-state index contributed by atoms with van der Waals surface area (Å²) in [7, 11) is -1.58. The molecule has 6 nitrogen and oxygen atoms in total. The molecule has 1 saturated heterocycles. The van der Waals surface area contributed by atoms with E-state index in [-0.39, 0.29) is 11.7 Å². The molecule has 1 aromatic carbocycles. The molecule has 0 amide bonds. The number of sulfonamides is 1. The summed E-state index contributed by atoms with van der Waals surface area (Å²) in [5.41, 5.74) is 4.40. The van der Waals surface area contributed by atoms with E-state index >= 15 is 0 Å². The predicted octanol–water partition coefficient (Wildman–Crippen LogP) is 3.67. The van der Waals surface area contributed by atoms with Crippen molar-refractivity contribution in [1.29, 1.82) is 0 Å². The van der Waals surface area contributed by atoms with Crippen LogP contribution in [0.15, 0.2) is 42.6 Å². The first-order chi connectivity index (χ1) is 14.3. The molecule has 0 spiro atoms. The molecule has 8 heteroatoms. The highest BCUT2D eigenvalue weighted by Gasteiger charge is 2.40. The van der Waals surface area contributed by atoms with Crippen LogP contribution >= 0.6 is 0 Å². The monoisotopic (exact) mass is 427 g/mol. The largest absolute Gasteiger partial charge is 0.496 e. The number of ether oxygens (including phenoxy) is 1. The SMILES string of the molecule is COc1ccc(F)cc1-c1ccnc2[nH]c(C3=CC4CN(S(C)(=O)=O)CC4C3)cc12. The van der Waals surface area contributed by atoms with Crippen LogP contribution in [0.5, 0.6) is 5.75 Å². The van der Waals surface area contributed by atoms with Gasteiger partial charge < -0.3 is 9.72 Å². The molecule has 30 heavy (non-hydrogen) atoms. The Morgan fingerprint density at radius 3 is 2.77 bits per heavy atom. The van der Waals surface area contributed by atoms with Gasteiger partial charge >= 0.3 is 0 Å². The lowest BCUT2D eigenvalue weighted by Gasteiger charge is -2.13. The van der Waals surface area contributed by atoms with E-state index in [4.69, 9.17) is 4.74 Å². The van der Waals surface area contributed by atoms with Gasteiger partial charge in [-0.05, 0) is 59.7 Å². The average Bonchev–Trinajstić information content (AvgIpc) is 3.39. The van der Waals surface area contributed by atoms with E-state index in [2.05, 4.69) is 16.0 Å². The van der Waals surface area contributed by atoms with Gasteiger partial charge in [0.1, 0.15) is 17.2 Å². The first kappa shape index (κ1) is 19.3. The van der Waals surface area contributed by atoms with Gasteiger partial charge in [0.2, 0.25) is 10.0 Å². The van der Waals surface area contributed by atoms with Crippen molar-refractivity contribution in [3.05, 3.63) is 54.1 Å².